The van der Waals surface area contributed by atoms with Gasteiger partial charge in [-0.05, 0) is 5.92 Å². The molecule has 4 nitrogen and oxygen atoms in total. The van der Waals surface area contributed by atoms with Crippen LogP contribution >= 0.6 is 0 Å². The molecule has 0 fully saturated rings. The third-order valence-corrected chi connectivity index (χ3v) is 1.58. The molecule has 0 aliphatic rings. The summed E-state index contributed by atoms with van der Waals surface area (Å²) in [5.41, 5.74) is 6.55. The van der Waals surface area contributed by atoms with Gasteiger partial charge in [-0.1, -0.05) is 13.8 Å². The van der Waals surface area contributed by atoms with E-state index in [1.807, 2.05) is 0 Å². The van der Waals surface area contributed by atoms with Crippen molar-refractivity contribution in [2.45, 2.75) is 19.8 Å². The Morgan fingerprint density at radius 2 is 2.08 bits per heavy atom. The van der Waals surface area contributed by atoms with Gasteiger partial charge in [-0.25, -0.2) is 4.98 Å². The van der Waals surface area contributed by atoms with E-state index in [1.54, 1.807) is 13.1 Å². The number of nitrogens with zero attached hydrogens (tertiary/aromatic N) is 2. The summed E-state index contributed by atoms with van der Waals surface area (Å²) in [5, 5.41) is 2.86. The summed E-state index contributed by atoms with van der Waals surface area (Å²) in [7, 11) is 1.78. The number of aromatic nitrogens is 2. The Labute approximate surface area is 72.2 Å². The van der Waals surface area contributed by atoms with Crippen molar-refractivity contribution in [3.8, 4) is 0 Å². The molecule has 0 bridgehead atoms. The number of rotatable bonds is 2. The summed E-state index contributed by atoms with van der Waals surface area (Å²) in [4.78, 5) is 8.24. The Kier molecular flexibility index (Phi) is 2.47. The van der Waals surface area contributed by atoms with Crippen LogP contribution < -0.4 is 11.1 Å². The first kappa shape index (κ1) is 8.77. The fourth-order valence-corrected chi connectivity index (χ4v) is 0.893. The van der Waals surface area contributed by atoms with Crippen LogP contribution in [-0.4, -0.2) is 17.0 Å². The minimum Gasteiger partial charge on any atom is -0.384 e. The summed E-state index contributed by atoms with van der Waals surface area (Å²) in [6, 6.07) is 1.80. The highest BCUT2D eigenvalue weighted by Gasteiger charge is 2.04. The van der Waals surface area contributed by atoms with Gasteiger partial charge in [0.1, 0.15) is 5.82 Å². The van der Waals surface area contributed by atoms with Gasteiger partial charge in [-0.3, -0.25) is 0 Å². The first-order valence-corrected chi connectivity index (χ1v) is 3.95. The lowest BCUT2D eigenvalue weighted by Gasteiger charge is -2.06. The molecule has 12 heavy (non-hydrogen) atoms. The molecule has 0 spiro atoms. The molecule has 0 aliphatic carbocycles. The summed E-state index contributed by atoms with van der Waals surface area (Å²) in [6.45, 7) is 4.14. The predicted octanol–water partition coefficient (Wildman–Crippen LogP) is 1.22. The van der Waals surface area contributed by atoms with E-state index in [2.05, 4.69) is 29.1 Å². The molecule has 0 atom stereocenters. The molecule has 0 saturated carbocycles. The molecular weight excluding hydrogens is 152 g/mol. The fourth-order valence-electron chi connectivity index (χ4n) is 0.893. The van der Waals surface area contributed by atoms with Crippen LogP contribution in [0.2, 0.25) is 0 Å². The van der Waals surface area contributed by atoms with Gasteiger partial charge in [0.05, 0.1) is 5.69 Å². The highest BCUT2D eigenvalue weighted by molar-refractivity contribution is 5.38. The maximum atomic E-state index is 5.58. The van der Waals surface area contributed by atoms with Crippen molar-refractivity contribution in [2.24, 2.45) is 0 Å². The zero-order valence-electron chi connectivity index (χ0n) is 7.63. The summed E-state index contributed by atoms with van der Waals surface area (Å²) >= 11 is 0. The zero-order valence-corrected chi connectivity index (χ0v) is 7.63. The van der Waals surface area contributed by atoms with E-state index >= 15 is 0 Å². The molecule has 0 amide bonds. The number of nitrogens with one attached hydrogen (secondary N) is 1. The molecular formula is C8H14N4. The van der Waals surface area contributed by atoms with Crippen LogP contribution in [0.5, 0.6) is 0 Å². The van der Waals surface area contributed by atoms with Crippen molar-refractivity contribution in [1.29, 1.82) is 0 Å². The molecule has 3 N–H and O–H groups in total. The molecule has 1 rings (SSSR count). The number of hydrogen-bond donors (Lipinski definition) is 2. The molecule has 1 heterocycles. The van der Waals surface area contributed by atoms with Crippen molar-refractivity contribution in [1.82, 2.24) is 9.97 Å². The van der Waals surface area contributed by atoms with E-state index < -0.39 is 0 Å². The number of anilines is 2. The minimum atomic E-state index is 0.377. The van der Waals surface area contributed by atoms with E-state index in [0.717, 1.165) is 5.69 Å². The smallest absolute Gasteiger partial charge is 0.224 e. The Morgan fingerprint density at radius 1 is 1.42 bits per heavy atom. The summed E-state index contributed by atoms with van der Waals surface area (Å²) in [5.74, 6) is 1.47. The van der Waals surface area contributed by atoms with Crippen LogP contribution in [0.4, 0.5) is 11.8 Å². The van der Waals surface area contributed by atoms with Gasteiger partial charge in [0.2, 0.25) is 5.95 Å². The Hall–Kier alpha value is -1.32. The van der Waals surface area contributed by atoms with E-state index in [0.29, 0.717) is 17.7 Å². The third-order valence-electron chi connectivity index (χ3n) is 1.58. The third kappa shape index (κ3) is 1.84. The van der Waals surface area contributed by atoms with Crippen LogP contribution in [0.3, 0.4) is 0 Å². The van der Waals surface area contributed by atoms with Crippen molar-refractivity contribution in [3.05, 3.63) is 11.8 Å². The van der Waals surface area contributed by atoms with Crippen LogP contribution in [0.1, 0.15) is 25.5 Å². The van der Waals surface area contributed by atoms with Gasteiger partial charge in [0.25, 0.3) is 0 Å². The van der Waals surface area contributed by atoms with Gasteiger partial charge in [-0.2, -0.15) is 4.98 Å². The van der Waals surface area contributed by atoms with Gasteiger partial charge in [-0.15, -0.1) is 0 Å². The molecule has 66 valence electrons. The van der Waals surface area contributed by atoms with Crippen LogP contribution in [0.25, 0.3) is 0 Å². The van der Waals surface area contributed by atoms with E-state index in [1.165, 1.54) is 0 Å². The van der Waals surface area contributed by atoms with Gasteiger partial charge < -0.3 is 11.1 Å². The molecule has 0 saturated heterocycles. The normalized spacial score (nSPS) is 10.3. The average Bonchev–Trinajstić information content (AvgIpc) is 2.03. The average molecular weight is 166 g/mol. The number of nitrogens with two attached hydrogens (primary N) is 1. The summed E-state index contributed by atoms with van der Waals surface area (Å²) < 4.78 is 0. The first-order valence-electron chi connectivity index (χ1n) is 3.95. The Bertz CT molecular complexity index is 270. The maximum absolute atomic E-state index is 5.58. The van der Waals surface area contributed by atoms with Crippen LogP contribution in [0.15, 0.2) is 6.07 Å². The molecule has 1 aromatic rings. The highest BCUT2D eigenvalue weighted by atomic mass is 15.1. The lowest BCUT2D eigenvalue weighted by atomic mass is 10.1. The second-order valence-corrected chi connectivity index (χ2v) is 2.95. The molecule has 4 heteroatoms. The van der Waals surface area contributed by atoms with Gasteiger partial charge in [0, 0.05) is 13.1 Å². The quantitative estimate of drug-likeness (QED) is 0.693. The fraction of sp³-hybridized carbons (Fsp3) is 0.500. The largest absolute Gasteiger partial charge is 0.384 e. The van der Waals surface area contributed by atoms with Crippen LogP contribution in [-0.2, 0) is 0 Å². The Balaban J connectivity index is 3.06. The van der Waals surface area contributed by atoms with Crippen molar-refractivity contribution < 1.29 is 0 Å². The molecule has 0 unspecified atom stereocenters. The molecule has 1 aromatic heterocycles. The van der Waals surface area contributed by atoms with E-state index in [4.69, 9.17) is 5.73 Å². The van der Waals surface area contributed by atoms with E-state index in [-0.39, 0.29) is 0 Å². The molecule has 0 radical (unpaired) electrons. The highest BCUT2D eigenvalue weighted by Crippen LogP contribution is 2.15. The predicted molar refractivity (Wildman–Crippen MR) is 50.1 cm³/mol. The van der Waals surface area contributed by atoms with Crippen LogP contribution in [0, 0.1) is 0 Å². The number of hydrogen-bond acceptors (Lipinski definition) is 4. The second-order valence-electron chi connectivity index (χ2n) is 2.95. The SMILES string of the molecule is CNc1nc(N)cc(C(C)C)n1. The second kappa shape index (κ2) is 3.38. The lowest BCUT2D eigenvalue weighted by molar-refractivity contribution is 0.817. The van der Waals surface area contributed by atoms with Crippen molar-refractivity contribution in [2.75, 3.05) is 18.1 Å². The molecule has 0 aliphatic heterocycles. The number of nitrogen functional groups attached to an aromatic ring is 1. The van der Waals surface area contributed by atoms with E-state index in [9.17, 15) is 0 Å². The Morgan fingerprint density at radius 3 is 2.58 bits per heavy atom. The molecule has 0 aromatic carbocycles. The van der Waals surface area contributed by atoms with Crippen molar-refractivity contribution in [3.63, 3.8) is 0 Å². The standard InChI is InChI=1S/C8H14N4/c1-5(2)6-4-7(9)12-8(10-3)11-6/h4-5H,1-3H3,(H3,9,10,11,12). The topological polar surface area (TPSA) is 63.8 Å². The van der Waals surface area contributed by atoms with Gasteiger partial charge >= 0.3 is 0 Å². The summed E-state index contributed by atoms with van der Waals surface area (Å²) in [6.07, 6.45) is 0. The first-order chi connectivity index (χ1) is 5.63. The zero-order chi connectivity index (χ0) is 9.14. The lowest BCUT2D eigenvalue weighted by Crippen LogP contribution is -2.04. The minimum absolute atomic E-state index is 0.377. The van der Waals surface area contributed by atoms with Gasteiger partial charge in [0.15, 0.2) is 0 Å². The van der Waals surface area contributed by atoms with Crippen molar-refractivity contribution >= 4 is 11.8 Å². The maximum Gasteiger partial charge on any atom is 0.224 e. The monoisotopic (exact) mass is 166 g/mol.